The number of hydrogen-bond acceptors (Lipinski definition) is 4. The van der Waals surface area contributed by atoms with Crippen LogP contribution in [0.25, 0.3) is 11.3 Å². The Bertz CT molecular complexity index is 1070. The molecule has 148 valence electrons. The van der Waals surface area contributed by atoms with Gasteiger partial charge in [0.1, 0.15) is 6.61 Å². The molecule has 2 aromatic carbocycles. The highest BCUT2D eigenvalue weighted by Gasteiger charge is 2.30. The van der Waals surface area contributed by atoms with Gasteiger partial charge in [0.25, 0.3) is 5.91 Å². The summed E-state index contributed by atoms with van der Waals surface area (Å²) in [7, 11) is 0. The smallest absolute Gasteiger partial charge is 0.267 e. The standard InChI is InChI=1S/C20H13ClF3N3O2/c21-19-25-15(10-27-18(28)16-4-2-1-3-13(16)11-29-27)9-17(26-19)12-5-7-14(8-6-12)20(22,23)24/h1-9H,10-11H2. The SMILES string of the molecule is O=C1c2ccccc2CON1Cc1cc(-c2ccc(C(F)(F)F)cc2)nc(Cl)n1. The van der Waals surface area contributed by atoms with Crippen molar-refractivity contribution >= 4 is 17.5 Å². The molecule has 9 heteroatoms. The molecule has 4 rings (SSSR count). The first-order chi connectivity index (χ1) is 13.8. The molecule has 1 aliphatic heterocycles. The molecule has 3 aromatic rings. The van der Waals surface area contributed by atoms with Gasteiger partial charge in [-0.15, -0.1) is 0 Å². The van der Waals surface area contributed by atoms with Crippen LogP contribution in [-0.2, 0) is 24.2 Å². The predicted molar refractivity (Wildman–Crippen MR) is 98.6 cm³/mol. The second-order valence-corrected chi connectivity index (χ2v) is 6.70. The molecule has 1 aliphatic rings. The van der Waals surface area contributed by atoms with Gasteiger partial charge in [0, 0.05) is 11.1 Å². The van der Waals surface area contributed by atoms with Crippen molar-refractivity contribution in [2.45, 2.75) is 19.3 Å². The third kappa shape index (κ3) is 4.08. The highest BCUT2D eigenvalue weighted by atomic mass is 35.5. The van der Waals surface area contributed by atoms with Crippen LogP contribution in [0.1, 0.15) is 27.2 Å². The largest absolute Gasteiger partial charge is 0.416 e. The summed E-state index contributed by atoms with van der Waals surface area (Å²) < 4.78 is 38.3. The second-order valence-electron chi connectivity index (χ2n) is 6.36. The number of carbonyl (C=O) groups is 1. The number of aromatic nitrogens is 2. The maximum atomic E-state index is 12.8. The monoisotopic (exact) mass is 419 g/mol. The minimum absolute atomic E-state index is 0.0169. The summed E-state index contributed by atoms with van der Waals surface area (Å²) in [5, 5.41) is 1.10. The Morgan fingerprint density at radius 2 is 1.79 bits per heavy atom. The van der Waals surface area contributed by atoms with Gasteiger partial charge in [-0.1, -0.05) is 30.3 Å². The molecule has 29 heavy (non-hydrogen) atoms. The Labute approximate surface area is 168 Å². The summed E-state index contributed by atoms with van der Waals surface area (Å²) >= 11 is 5.99. The molecule has 0 aliphatic carbocycles. The Kier molecular flexibility index (Phi) is 4.97. The maximum absolute atomic E-state index is 12.8. The molecule has 0 saturated carbocycles. The summed E-state index contributed by atoms with van der Waals surface area (Å²) in [6.45, 7) is 0.259. The minimum Gasteiger partial charge on any atom is -0.267 e. The topological polar surface area (TPSA) is 55.3 Å². The number of amides is 1. The third-order valence-electron chi connectivity index (χ3n) is 4.42. The summed E-state index contributed by atoms with van der Waals surface area (Å²) in [5.41, 5.74) is 1.76. The van der Waals surface area contributed by atoms with Gasteiger partial charge in [-0.05, 0) is 41.4 Å². The lowest BCUT2D eigenvalue weighted by Crippen LogP contribution is -2.35. The number of alkyl halides is 3. The highest BCUT2D eigenvalue weighted by Crippen LogP contribution is 2.31. The minimum atomic E-state index is -4.42. The van der Waals surface area contributed by atoms with E-state index in [9.17, 15) is 18.0 Å². The van der Waals surface area contributed by atoms with E-state index in [0.717, 1.165) is 17.7 Å². The first-order valence-corrected chi connectivity index (χ1v) is 8.93. The maximum Gasteiger partial charge on any atom is 0.416 e. The van der Waals surface area contributed by atoms with Crippen LogP contribution >= 0.6 is 11.6 Å². The lowest BCUT2D eigenvalue weighted by atomic mass is 10.1. The molecule has 0 saturated heterocycles. The van der Waals surface area contributed by atoms with Crippen molar-refractivity contribution in [1.82, 2.24) is 15.0 Å². The van der Waals surface area contributed by atoms with Gasteiger partial charge in [-0.25, -0.2) is 15.0 Å². The fourth-order valence-electron chi connectivity index (χ4n) is 2.98. The van der Waals surface area contributed by atoms with Crippen molar-refractivity contribution in [3.8, 4) is 11.3 Å². The fraction of sp³-hybridized carbons (Fsp3) is 0.150. The van der Waals surface area contributed by atoms with Crippen molar-refractivity contribution in [3.05, 3.63) is 82.3 Å². The van der Waals surface area contributed by atoms with Gasteiger partial charge in [-0.3, -0.25) is 9.63 Å². The number of rotatable bonds is 3. The van der Waals surface area contributed by atoms with E-state index >= 15 is 0 Å². The van der Waals surface area contributed by atoms with Crippen molar-refractivity contribution < 1.29 is 22.8 Å². The van der Waals surface area contributed by atoms with Crippen molar-refractivity contribution in [2.24, 2.45) is 0 Å². The van der Waals surface area contributed by atoms with Crippen LogP contribution in [0.2, 0.25) is 5.28 Å². The molecule has 0 bridgehead atoms. The van der Waals surface area contributed by atoms with Crippen LogP contribution in [-0.4, -0.2) is 20.9 Å². The predicted octanol–water partition coefficient (Wildman–Crippen LogP) is 4.90. The molecule has 0 radical (unpaired) electrons. The van der Waals surface area contributed by atoms with Crippen LogP contribution in [0.15, 0.2) is 54.6 Å². The molecule has 1 amide bonds. The lowest BCUT2D eigenvalue weighted by Gasteiger charge is -2.27. The zero-order valence-corrected chi connectivity index (χ0v) is 15.5. The van der Waals surface area contributed by atoms with Crippen LogP contribution in [0.5, 0.6) is 0 Å². The van der Waals surface area contributed by atoms with E-state index in [-0.39, 0.29) is 24.3 Å². The Morgan fingerprint density at radius 3 is 2.52 bits per heavy atom. The quantitative estimate of drug-likeness (QED) is 0.566. The zero-order chi connectivity index (χ0) is 20.6. The number of nitrogens with zero attached hydrogens (tertiary/aromatic N) is 3. The van der Waals surface area contributed by atoms with E-state index in [1.807, 2.05) is 12.1 Å². The molecule has 0 spiro atoms. The van der Waals surface area contributed by atoms with Gasteiger partial charge >= 0.3 is 6.18 Å². The average molecular weight is 420 g/mol. The van der Waals surface area contributed by atoms with Crippen molar-refractivity contribution in [3.63, 3.8) is 0 Å². The van der Waals surface area contributed by atoms with E-state index in [0.29, 0.717) is 22.5 Å². The number of fused-ring (bicyclic) bond motifs is 1. The Morgan fingerprint density at radius 1 is 1.07 bits per heavy atom. The van der Waals surface area contributed by atoms with Gasteiger partial charge in [-0.2, -0.15) is 13.2 Å². The number of hydrogen-bond donors (Lipinski definition) is 0. The van der Waals surface area contributed by atoms with Crippen LogP contribution in [0.3, 0.4) is 0 Å². The normalized spacial score (nSPS) is 14.1. The molecular formula is C20H13ClF3N3O2. The highest BCUT2D eigenvalue weighted by molar-refractivity contribution is 6.28. The van der Waals surface area contributed by atoms with Gasteiger partial charge in [0.2, 0.25) is 5.28 Å². The van der Waals surface area contributed by atoms with E-state index < -0.39 is 11.7 Å². The number of carbonyl (C=O) groups excluding carboxylic acids is 1. The van der Waals surface area contributed by atoms with Gasteiger partial charge in [0.15, 0.2) is 0 Å². The van der Waals surface area contributed by atoms with Gasteiger partial charge < -0.3 is 0 Å². The van der Waals surface area contributed by atoms with E-state index in [4.69, 9.17) is 16.4 Å². The zero-order valence-electron chi connectivity index (χ0n) is 14.8. The number of benzene rings is 2. The Balaban J connectivity index is 1.59. The van der Waals surface area contributed by atoms with E-state index in [1.165, 1.54) is 17.2 Å². The lowest BCUT2D eigenvalue weighted by molar-refractivity contribution is -0.147. The van der Waals surface area contributed by atoms with Gasteiger partial charge in [0.05, 0.1) is 23.5 Å². The molecule has 0 unspecified atom stereocenters. The first-order valence-electron chi connectivity index (χ1n) is 8.55. The van der Waals surface area contributed by atoms with Crippen LogP contribution in [0.4, 0.5) is 13.2 Å². The van der Waals surface area contributed by atoms with E-state index in [2.05, 4.69) is 9.97 Å². The number of halogens is 4. The third-order valence-corrected chi connectivity index (χ3v) is 4.58. The first kappa shape index (κ1) is 19.4. The van der Waals surface area contributed by atoms with Crippen molar-refractivity contribution in [2.75, 3.05) is 0 Å². The molecule has 2 heterocycles. The summed E-state index contributed by atoms with van der Waals surface area (Å²) in [5.74, 6) is -0.308. The van der Waals surface area contributed by atoms with Crippen molar-refractivity contribution in [1.29, 1.82) is 0 Å². The molecule has 0 N–H and O–H groups in total. The van der Waals surface area contributed by atoms with Crippen LogP contribution in [0, 0.1) is 0 Å². The molecule has 1 aromatic heterocycles. The molecule has 0 fully saturated rings. The van der Waals surface area contributed by atoms with Crippen LogP contribution < -0.4 is 0 Å². The fourth-order valence-corrected chi connectivity index (χ4v) is 3.18. The Hall–Kier alpha value is -2.97. The average Bonchev–Trinajstić information content (AvgIpc) is 2.69. The molecule has 0 atom stereocenters. The molecular weight excluding hydrogens is 407 g/mol. The number of hydroxylamine groups is 2. The molecule has 5 nitrogen and oxygen atoms in total. The summed E-state index contributed by atoms with van der Waals surface area (Å²) in [4.78, 5) is 26.3. The summed E-state index contributed by atoms with van der Waals surface area (Å²) in [6.07, 6.45) is -4.42. The second kappa shape index (κ2) is 7.46. The van der Waals surface area contributed by atoms with E-state index in [1.54, 1.807) is 18.2 Å². The summed E-state index contributed by atoms with van der Waals surface area (Å²) in [6, 6.07) is 13.2.